The second-order valence-corrected chi connectivity index (χ2v) is 4.45. The highest BCUT2D eigenvalue weighted by Crippen LogP contribution is 2.27. The van der Waals surface area contributed by atoms with E-state index in [-0.39, 0.29) is 0 Å². The van der Waals surface area contributed by atoms with Gasteiger partial charge in [-0.15, -0.1) is 0 Å². The first-order valence-electron chi connectivity index (χ1n) is 5.69. The average molecular weight is 198 g/mol. The molecule has 1 aliphatic carbocycles. The number of nitrogens with one attached hydrogen (secondary N) is 3. The van der Waals surface area contributed by atoms with Crippen molar-refractivity contribution < 1.29 is 0 Å². The standard InChI is InChI=1S/C10H22N4/c1-7-12-8(2)14(9-5-4-6-9)10(11-3)13-7/h7-13H,4-6H2,1-3H3. The fraction of sp³-hybridized carbons (Fsp3) is 1.00. The first kappa shape index (κ1) is 10.4. The summed E-state index contributed by atoms with van der Waals surface area (Å²) in [5, 5.41) is 10.4. The number of hydrogen-bond donors (Lipinski definition) is 3. The monoisotopic (exact) mass is 198 g/mol. The van der Waals surface area contributed by atoms with E-state index < -0.39 is 0 Å². The zero-order valence-corrected chi connectivity index (χ0v) is 9.38. The molecule has 3 unspecified atom stereocenters. The van der Waals surface area contributed by atoms with Crippen LogP contribution in [0.25, 0.3) is 0 Å². The molecule has 0 amide bonds. The zero-order chi connectivity index (χ0) is 10.1. The number of nitrogens with zero attached hydrogens (tertiary/aromatic N) is 1. The molecule has 0 aromatic rings. The van der Waals surface area contributed by atoms with Crippen molar-refractivity contribution in [3.63, 3.8) is 0 Å². The molecule has 4 heteroatoms. The Balaban J connectivity index is 2.02. The minimum absolute atomic E-state index is 0.326. The minimum atomic E-state index is 0.326. The Kier molecular flexibility index (Phi) is 3.07. The maximum Gasteiger partial charge on any atom is 0.116 e. The molecule has 3 N–H and O–H groups in total. The summed E-state index contributed by atoms with van der Waals surface area (Å²) in [5.74, 6) is 0. The third kappa shape index (κ3) is 1.80. The van der Waals surface area contributed by atoms with Crippen LogP contribution in [0, 0.1) is 0 Å². The second kappa shape index (κ2) is 4.14. The Morgan fingerprint density at radius 2 is 1.93 bits per heavy atom. The van der Waals surface area contributed by atoms with E-state index >= 15 is 0 Å². The fourth-order valence-electron chi connectivity index (χ4n) is 2.49. The number of hydrogen-bond acceptors (Lipinski definition) is 4. The zero-order valence-electron chi connectivity index (χ0n) is 9.38. The molecule has 14 heavy (non-hydrogen) atoms. The first-order chi connectivity index (χ1) is 6.72. The summed E-state index contributed by atoms with van der Waals surface area (Å²) in [7, 11) is 2.02. The lowest BCUT2D eigenvalue weighted by atomic mass is 9.91. The van der Waals surface area contributed by atoms with Crippen LogP contribution in [0.4, 0.5) is 0 Å². The van der Waals surface area contributed by atoms with E-state index in [0.29, 0.717) is 18.6 Å². The van der Waals surface area contributed by atoms with Crippen LogP contribution in [-0.4, -0.2) is 36.6 Å². The van der Waals surface area contributed by atoms with Crippen LogP contribution in [0.5, 0.6) is 0 Å². The molecule has 1 saturated heterocycles. The van der Waals surface area contributed by atoms with Gasteiger partial charge in [-0.3, -0.25) is 20.9 Å². The topological polar surface area (TPSA) is 39.3 Å². The van der Waals surface area contributed by atoms with Crippen molar-refractivity contribution in [3.8, 4) is 0 Å². The fourth-order valence-corrected chi connectivity index (χ4v) is 2.49. The summed E-state index contributed by atoms with van der Waals surface area (Å²) >= 11 is 0. The van der Waals surface area contributed by atoms with Crippen LogP contribution in [0.1, 0.15) is 33.1 Å². The van der Waals surface area contributed by atoms with E-state index in [4.69, 9.17) is 0 Å². The van der Waals surface area contributed by atoms with Crippen molar-refractivity contribution >= 4 is 0 Å². The van der Waals surface area contributed by atoms with Gasteiger partial charge in [0.1, 0.15) is 6.29 Å². The van der Waals surface area contributed by atoms with Gasteiger partial charge < -0.3 is 0 Å². The van der Waals surface area contributed by atoms with E-state index in [1.165, 1.54) is 19.3 Å². The smallest absolute Gasteiger partial charge is 0.116 e. The SMILES string of the molecule is CNC1NC(C)NC(C)N1C1CCC1. The predicted molar refractivity (Wildman–Crippen MR) is 57.5 cm³/mol. The summed E-state index contributed by atoms with van der Waals surface area (Å²) < 4.78 is 0. The van der Waals surface area contributed by atoms with Gasteiger partial charge in [0.05, 0.1) is 12.3 Å². The van der Waals surface area contributed by atoms with Crippen molar-refractivity contribution in [1.29, 1.82) is 0 Å². The van der Waals surface area contributed by atoms with Crippen molar-refractivity contribution in [2.24, 2.45) is 0 Å². The molecule has 2 fully saturated rings. The summed E-state index contributed by atoms with van der Waals surface area (Å²) in [4.78, 5) is 2.52. The molecule has 0 bridgehead atoms. The van der Waals surface area contributed by atoms with Gasteiger partial charge >= 0.3 is 0 Å². The molecular formula is C10H22N4. The predicted octanol–water partition coefficient (Wildman–Crippen LogP) is 0.229. The van der Waals surface area contributed by atoms with Crippen LogP contribution in [0.15, 0.2) is 0 Å². The molecule has 0 aromatic heterocycles. The Morgan fingerprint density at radius 1 is 1.21 bits per heavy atom. The molecule has 1 aliphatic heterocycles. The quantitative estimate of drug-likeness (QED) is 0.594. The summed E-state index contributed by atoms with van der Waals surface area (Å²) in [5.41, 5.74) is 0. The van der Waals surface area contributed by atoms with Crippen LogP contribution in [0.3, 0.4) is 0 Å². The lowest BCUT2D eigenvalue weighted by Crippen LogP contribution is -2.73. The molecule has 0 spiro atoms. The number of rotatable bonds is 2. The molecule has 1 heterocycles. The second-order valence-electron chi connectivity index (χ2n) is 4.45. The van der Waals surface area contributed by atoms with Crippen molar-refractivity contribution in [3.05, 3.63) is 0 Å². The van der Waals surface area contributed by atoms with Crippen molar-refractivity contribution in [2.75, 3.05) is 7.05 Å². The van der Waals surface area contributed by atoms with Gasteiger partial charge in [-0.05, 0) is 33.7 Å². The third-order valence-electron chi connectivity index (χ3n) is 3.41. The highest BCUT2D eigenvalue weighted by molar-refractivity contribution is 4.89. The Hall–Kier alpha value is -0.160. The largest absolute Gasteiger partial charge is 0.292 e. The highest BCUT2D eigenvalue weighted by Gasteiger charge is 2.36. The van der Waals surface area contributed by atoms with Crippen LogP contribution in [-0.2, 0) is 0 Å². The summed E-state index contributed by atoms with van der Waals surface area (Å²) in [6, 6.07) is 0.759. The van der Waals surface area contributed by atoms with Gasteiger partial charge in [-0.25, -0.2) is 0 Å². The minimum Gasteiger partial charge on any atom is -0.292 e. The van der Waals surface area contributed by atoms with Gasteiger partial charge in [-0.2, -0.15) is 0 Å². The van der Waals surface area contributed by atoms with E-state index in [0.717, 1.165) is 6.04 Å². The molecule has 1 saturated carbocycles. The first-order valence-corrected chi connectivity index (χ1v) is 5.69. The molecule has 2 aliphatic rings. The van der Waals surface area contributed by atoms with E-state index in [1.807, 2.05) is 7.05 Å². The van der Waals surface area contributed by atoms with Crippen molar-refractivity contribution in [2.45, 2.75) is 57.8 Å². The lowest BCUT2D eigenvalue weighted by molar-refractivity contribution is -0.0400. The van der Waals surface area contributed by atoms with Gasteiger partial charge in [0.25, 0.3) is 0 Å². The maximum absolute atomic E-state index is 3.52. The molecule has 0 radical (unpaired) electrons. The van der Waals surface area contributed by atoms with E-state index in [9.17, 15) is 0 Å². The van der Waals surface area contributed by atoms with Gasteiger partial charge in [0.2, 0.25) is 0 Å². The van der Waals surface area contributed by atoms with Gasteiger partial charge in [0, 0.05) is 6.04 Å². The molecule has 2 rings (SSSR count). The maximum atomic E-state index is 3.52. The van der Waals surface area contributed by atoms with Crippen LogP contribution in [0.2, 0.25) is 0 Å². The van der Waals surface area contributed by atoms with Gasteiger partial charge in [0.15, 0.2) is 0 Å². The summed E-state index contributed by atoms with van der Waals surface area (Å²) in [6.07, 6.45) is 5.26. The molecule has 0 aromatic carbocycles. The molecule has 3 atom stereocenters. The van der Waals surface area contributed by atoms with Gasteiger partial charge in [-0.1, -0.05) is 6.42 Å². The lowest BCUT2D eigenvalue weighted by Gasteiger charge is -2.50. The van der Waals surface area contributed by atoms with Crippen LogP contribution >= 0.6 is 0 Å². The van der Waals surface area contributed by atoms with Crippen molar-refractivity contribution in [1.82, 2.24) is 20.9 Å². The van der Waals surface area contributed by atoms with E-state index in [1.54, 1.807) is 0 Å². The molecular weight excluding hydrogens is 176 g/mol. The summed E-state index contributed by atoms with van der Waals surface area (Å²) in [6.45, 7) is 4.42. The third-order valence-corrected chi connectivity index (χ3v) is 3.41. The van der Waals surface area contributed by atoms with E-state index in [2.05, 4.69) is 34.7 Å². The highest BCUT2D eigenvalue weighted by atomic mass is 15.5. The Labute approximate surface area is 86.4 Å². The Bertz CT molecular complexity index is 193. The van der Waals surface area contributed by atoms with Crippen LogP contribution < -0.4 is 16.0 Å². The Morgan fingerprint density at radius 3 is 2.43 bits per heavy atom. The molecule has 82 valence electrons. The normalized spacial score (nSPS) is 40.9. The molecule has 4 nitrogen and oxygen atoms in total. The average Bonchev–Trinajstić information content (AvgIpc) is 2.05.